The number of para-hydroxylation sites is 1. The average Bonchev–Trinajstić information content (AvgIpc) is 3.32. The van der Waals surface area contributed by atoms with Crippen LogP contribution >= 0.6 is 0 Å². The predicted molar refractivity (Wildman–Crippen MR) is 145 cm³/mol. The summed E-state index contributed by atoms with van der Waals surface area (Å²) in [5.41, 5.74) is 2.05. The van der Waals surface area contributed by atoms with Crippen LogP contribution in [0.2, 0.25) is 18.6 Å². The summed E-state index contributed by atoms with van der Waals surface area (Å²) >= 11 is 0. The van der Waals surface area contributed by atoms with E-state index in [1.807, 2.05) is 53.4 Å². The molecule has 36 heavy (non-hydrogen) atoms. The van der Waals surface area contributed by atoms with Gasteiger partial charge in [-0.3, -0.25) is 4.79 Å². The van der Waals surface area contributed by atoms with Crippen molar-refractivity contribution in [3.8, 4) is 5.75 Å². The van der Waals surface area contributed by atoms with Crippen molar-refractivity contribution in [1.82, 2.24) is 0 Å². The van der Waals surface area contributed by atoms with Gasteiger partial charge in [0.2, 0.25) is 0 Å². The van der Waals surface area contributed by atoms with E-state index in [-0.39, 0.29) is 30.1 Å². The van der Waals surface area contributed by atoms with Crippen molar-refractivity contribution in [2.45, 2.75) is 50.2 Å². The summed E-state index contributed by atoms with van der Waals surface area (Å²) in [6.07, 6.45) is 0.305. The first-order chi connectivity index (χ1) is 17.3. The zero-order valence-electron chi connectivity index (χ0n) is 21.5. The molecule has 188 valence electrons. The van der Waals surface area contributed by atoms with E-state index in [1.165, 1.54) is 5.19 Å². The number of carbonyl (C=O) groups excluding carboxylic acids is 1. The van der Waals surface area contributed by atoms with Gasteiger partial charge >= 0.3 is 0 Å². The van der Waals surface area contributed by atoms with Crippen LogP contribution in [0, 0.1) is 5.92 Å². The predicted octanol–water partition coefficient (Wildman–Crippen LogP) is 4.84. The first-order valence-electron chi connectivity index (χ1n) is 12.7. The largest absolute Gasteiger partial charge is 0.497 e. The number of hydrogen-bond donors (Lipinski definition) is 1. The molecule has 0 aromatic heterocycles. The first-order valence-corrected chi connectivity index (χ1v) is 15.8. The van der Waals surface area contributed by atoms with Crippen LogP contribution in [-0.2, 0) is 21.7 Å². The molecule has 1 spiro atoms. The van der Waals surface area contributed by atoms with Gasteiger partial charge in [0, 0.05) is 18.1 Å². The van der Waals surface area contributed by atoms with Gasteiger partial charge in [-0.25, -0.2) is 0 Å². The third-order valence-electron chi connectivity index (χ3n) is 8.34. The quantitative estimate of drug-likeness (QED) is 0.471. The Labute approximate surface area is 214 Å². The molecule has 0 unspecified atom stereocenters. The number of fused-ring (bicyclic) bond motifs is 2. The van der Waals surface area contributed by atoms with E-state index in [0.29, 0.717) is 13.0 Å². The summed E-state index contributed by atoms with van der Waals surface area (Å²) in [7, 11) is -0.472. The van der Waals surface area contributed by atoms with Crippen LogP contribution in [0.3, 0.4) is 0 Å². The molecule has 0 saturated carbocycles. The molecular weight excluding hydrogens is 466 g/mol. The van der Waals surface area contributed by atoms with Gasteiger partial charge in [-0.2, -0.15) is 0 Å². The van der Waals surface area contributed by atoms with Crippen molar-refractivity contribution in [3.05, 3.63) is 90.0 Å². The second kappa shape index (κ2) is 9.50. The molecule has 3 aromatic carbocycles. The smallest absolute Gasteiger partial charge is 0.264 e. The molecule has 4 atom stereocenters. The van der Waals surface area contributed by atoms with Crippen LogP contribution in [0.1, 0.15) is 24.5 Å². The third-order valence-corrected chi connectivity index (χ3v) is 12.7. The minimum Gasteiger partial charge on any atom is -0.497 e. The molecule has 5 nitrogen and oxygen atoms in total. The first kappa shape index (κ1) is 24.7. The molecule has 1 saturated heterocycles. The van der Waals surface area contributed by atoms with E-state index < -0.39 is 13.7 Å². The third kappa shape index (κ3) is 3.79. The lowest BCUT2D eigenvalue weighted by molar-refractivity contribution is -0.146. The highest BCUT2D eigenvalue weighted by Crippen LogP contribution is 2.59. The maximum absolute atomic E-state index is 14.4. The number of benzene rings is 3. The SMILES string of the molecule is COc1ccc([Si](C)(C)[C@@H]2[C@@H](CCO)O[C@]3(C(=O)N(Cc4ccccc4)c4ccccc43)[C@H]2C)cc1. The molecular formula is C30H35NO4Si. The fourth-order valence-electron chi connectivity index (χ4n) is 6.59. The monoisotopic (exact) mass is 501 g/mol. The molecule has 0 bridgehead atoms. The Hall–Kier alpha value is -2.93. The van der Waals surface area contributed by atoms with Crippen molar-refractivity contribution in [2.75, 3.05) is 18.6 Å². The lowest BCUT2D eigenvalue weighted by Crippen LogP contribution is -2.51. The standard InChI is InChI=1S/C30H35NO4Si/c1-21-28(36(3,4)24-16-14-23(34-2)15-17-24)27(18-19-32)35-30(21)25-12-8-9-13-26(25)31(29(30)33)20-22-10-6-5-7-11-22/h5-17,21,27-28,32H,18-20H2,1-4H3/t21-,27+,28-,30+/m0/s1. The topological polar surface area (TPSA) is 59.0 Å². The number of amides is 1. The fraction of sp³-hybridized carbons (Fsp3) is 0.367. The molecule has 6 heteroatoms. The summed E-state index contributed by atoms with van der Waals surface area (Å²) < 4.78 is 12.3. The van der Waals surface area contributed by atoms with Gasteiger partial charge in [-0.05, 0) is 35.7 Å². The van der Waals surface area contributed by atoms with E-state index in [2.05, 4.69) is 50.3 Å². The van der Waals surface area contributed by atoms with E-state index >= 15 is 0 Å². The van der Waals surface area contributed by atoms with Gasteiger partial charge < -0.3 is 19.5 Å². The summed E-state index contributed by atoms with van der Waals surface area (Å²) in [6.45, 7) is 7.43. The van der Waals surface area contributed by atoms with Crippen molar-refractivity contribution < 1.29 is 19.4 Å². The highest BCUT2D eigenvalue weighted by atomic mass is 28.3. The number of hydrogen-bond acceptors (Lipinski definition) is 4. The van der Waals surface area contributed by atoms with Crippen molar-refractivity contribution in [3.63, 3.8) is 0 Å². The van der Waals surface area contributed by atoms with Gasteiger partial charge in [-0.1, -0.05) is 85.9 Å². The fourth-order valence-corrected chi connectivity index (χ4v) is 10.6. The number of methoxy groups -OCH3 is 1. The number of aliphatic hydroxyl groups excluding tert-OH is 1. The highest BCUT2D eigenvalue weighted by Gasteiger charge is 2.66. The molecule has 3 aromatic rings. The maximum atomic E-state index is 14.4. The second-order valence-electron chi connectivity index (χ2n) is 10.6. The van der Waals surface area contributed by atoms with Crippen LogP contribution in [0.5, 0.6) is 5.75 Å². The normalized spacial score (nSPS) is 25.4. The Morgan fingerprint density at radius 3 is 2.33 bits per heavy atom. The zero-order valence-corrected chi connectivity index (χ0v) is 22.5. The molecule has 1 amide bonds. The molecule has 5 rings (SSSR count). The van der Waals surface area contributed by atoms with Gasteiger partial charge in [-0.15, -0.1) is 0 Å². The number of carbonyl (C=O) groups is 1. The van der Waals surface area contributed by atoms with Gasteiger partial charge in [0.25, 0.3) is 5.91 Å². The van der Waals surface area contributed by atoms with Crippen molar-refractivity contribution in [1.29, 1.82) is 0 Å². The van der Waals surface area contributed by atoms with Crippen LogP contribution in [0.4, 0.5) is 5.69 Å². The minimum atomic E-state index is -2.15. The number of aliphatic hydroxyl groups is 1. The van der Waals surface area contributed by atoms with E-state index in [9.17, 15) is 9.90 Å². The molecule has 0 radical (unpaired) electrons. The Morgan fingerprint density at radius 1 is 1.00 bits per heavy atom. The average molecular weight is 502 g/mol. The summed E-state index contributed by atoms with van der Waals surface area (Å²) in [4.78, 5) is 16.3. The Bertz CT molecular complexity index is 1230. The van der Waals surface area contributed by atoms with Crippen molar-refractivity contribution >= 4 is 24.9 Å². The number of nitrogens with zero attached hydrogens (tertiary/aromatic N) is 1. The minimum absolute atomic E-state index is 0.00465. The van der Waals surface area contributed by atoms with E-state index in [0.717, 1.165) is 22.6 Å². The number of ether oxygens (including phenoxy) is 2. The molecule has 2 aliphatic heterocycles. The van der Waals surface area contributed by atoms with E-state index in [1.54, 1.807) is 7.11 Å². The maximum Gasteiger partial charge on any atom is 0.264 e. The van der Waals surface area contributed by atoms with E-state index in [4.69, 9.17) is 9.47 Å². The van der Waals surface area contributed by atoms with Gasteiger partial charge in [0.15, 0.2) is 5.60 Å². The number of anilines is 1. The van der Waals surface area contributed by atoms with Gasteiger partial charge in [0.1, 0.15) is 5.75 Å². The summed E-state index contributed by atoms with van der Waals surface area (Å²) in [5, 5.41) is 11.3. The lowest BCUT2D eigenvalue weighted by atomic mass is 9.82. The lowest BCUT2D eigenvalue weighted by Gasteiger charge is -2.37. The number of rotatable bonds is 7. The van der Waals surface area contributed by atoms with Gasteiger partial charge in [0.05, 0.1) is 33.5 Å². The Balaban J connectivity index is 1.58. The van der Waals surface area contributed by atoms with Crippen molar-refractivity contribution in [2.24, 2.45) is 5.92 Å². The Kier molecular flexibility index (Phi) is 6.53. The second-order valence-corrected chi connectivity index (χ2v) is 15.3. The van der Waals surface area contributed by atoms with Crippen LogP contribution in [0.25, 0.3) is 0 Å². The molecule has 2 aliphatic rings. The van der Waals surface area contributed by atoms with Crippen LogP contribution in [0.15, 0.2) is 78.9 Å². The molecule has 2 heterocycles. The van der Waals surface area contributed by atoms with Crippen LogP contribution < -0.4 is 14.8 Å². The summed E-state index contributed by atoms with van der Waals surface area (Å²) in [6, 6.07) is 26.5. The molecule has 1 fully saturated rings. The van der Waals surface area contributed by atoms with Crippen LogP contribution in [-0.4, -0.2) is 38.9 Å². The summed E-state index contributed by atoms with van der Waals surface area (Å²) in [5.74, 6) is 0.788. The zero-order chi connectivity index (χ0) is 25.5. The highest BCUT2D eigenvalue weighted by molar-refractivity contribution is 6.91. The molecule has 0 aliphatic carbocycles. The Morgan fingerprint density at radius 2 is 1.67 bits per heavy atom. The molecule has 1 N–H and O–H groups in total.